The summed E-state index contributed by atoms with van der Waals surface area (Å²) in [6.07, 6.45) is 0.172. The summed E-state index contributed by atoms with van der Waals surface area (Å²) in [5, 5.41) is 8.68. The van der Waals surface area contributed by atoms with Gasteiger partial charge in [0.15, 0.2) is 0 Å². The van der Waals surface area contributed by atoms with Gasteiger partial charge in [-0.05, 0) is 13.8 Å². The van der Waals surface area contributed by atoms with Crippen LogP contribution in [0.3, 0.4) is 0 Å². The van der Waals surface area contributed by atoms with Gasteiger partial charge in [-0.1, -0.05) is 0 Å². The van der Waals surface area contributed by atoms with Crippen LogP contribution in [0.4, 0.5) is 4.79 Å². The Morgan fingerprint density at radius 2 is 1.68 bits per heavy atom. The van der Waals surface area contributed by atoms with Crippen molar-refractivity contribution in [1.82, 2.24) is 14.7 Å². The lowest BCUT2D eigenvalue weighted by Gasteiger charge is -2.44. The number of carboxylic acid groups (broad SMARTS) is 1. The number of likely N-dealkylation sites (tertiary alicyclic amines) is 1. The van der Waals surface area contributed by atoms with Gasteiger partial charge in [-0.25, -0.2) is 4.79 Å². The number of piperazine rings is 1. The molecule has 0 aromatic heterocycles. The lowest BCUT2D eigenvalue weighted by Crippen LogP contribution is -2.59. The Labute approximate surface area is 114 Å². The smallest absolute Gasteiger partial charge is 0.320 e. The molecular formula is C13H23N3O3. The number of carbonyl (C=O) groups excluding carboxylic acids is 1. The molecule has 2 rings (SSSR count). The van der Waals surface area contributed by atoms with Crippen LogP contribution in [-0.4, -0.2) is 77.1 Å². The van der Waals surface area contributed by atoms with Gasteiger partial charge in [0, 0.05) is 51.2 Å². The summed E-state index contributed by atoms with van der Waals surface area (Å²) in [5.41, 5.74) is 0. The van der Waals surface area contributed by atoms with E-state index in [0.717, 1.165) is 26.2 Å². The van der Waals surface area contributed by atoms with E-state index in [0.29, 0.717) is 19.1 Å². The third kappa shape index (κ3) is 3.37. The zero-order valence-corrected chi connectivity index (χ0v) is 11.7. The average Bonchev–Trinajstić information content (AvgIpc) is 2.32. The summed E-state index contributed by atoms with van der Waals surface area (Å²) in [7, 11) is 0. The zero-order valence-electron chi connectivity index (χ0n) is 11.7. The highest BCUT2D eigenvalue weighted by Gasteiger charge is 2.35. The highest BCUT2D eigenvalue weighted by molar-refractivity contribution is 5.76. The van der Waals surface area contributed by atoms with Crippen molar-refractivity contribution < 1.29 is 14.7 Å². The van der Waals surface area contributed by atoms with Crippen LogP contribution >= 0.6 is 0 Å². The first-order valence-electron chi connectivity index (χ1n) is 6.97. The molecule has 0 aliphatic carbocycles. The Balaban J connectivity index is 1.73. The molecule has 2 saturated heterocycles. The highest BCUT2D eigenvalue weighted by atomic mass is 16.4. The second kappa shape index (κ2) is 5.77. The van der Waals surface area contributed by atoms with Gasteiger partial charge in [-0.15, -0.1) is 0 Å². The van der Waals surface area contributed by atoms with Crippen molar-refractivity contribution in [3.8, 4) is 0 Å². The fourth-order valence-electron chi connectivity index (χ4n) is 2.73. The number of carboxylic acids is 1. The first-order valence-corrected chi connectivity index (χ1v) is 6.97. The largest absolute Gasteiger partial charge is 0.481 e. The quantitative estimate of drug-likeness (QED) is 0.812. The SMILES string of the molecule is CC(C)N1CCN(C(=O)N2CC(CC(=O)O)C2)CC1. The van der Waals surface area contributed by atoms with Crippen LogP contribution in [0.2, 0.25) is 0 Å². The molecule has 0 bridgehead atoms. The van der Waals surface area contributed by atoms with Crippen LogP contribution in [0.15, 0.2) is 0 Å². The maximum Gasteiger partial charge on any atom is 0.320 e. The number of urea groups is 1. The molecule has 0 aromatic rings. The van der Waals surface area contributed by atoms with Crippen molar-refractivity contribution in [2.24, 2.45) is 5.92 Å². The molecule has 108 valence electrons. The minimum Gasteiger partial charge on any atom is -0.481 e. The number of hydrogen-bond donors (Lipinski definition) is 1. The van der Waals surface area contributed by atoms with Crippen LogP contribution in [-0.2, 0) is 4.79 Å². The average molecular weight is 269 g/mol. The van der Waals surface area contributed by atoms with E-state index in [1.807, 2.05) is 4.90 Å². The van der Waals surface area contributed by atoms with Crippen LogP contribution < -0.4 is 0 Å². The molecule has 0 atom stereocenters. The Kier molecular flexibility index (Phi) is 4.29. The number of rotatable bonds is 3. The van der Waals surface area contributed by atoms with Crippen LogP contribution in [0.1, 0.15) is 20.3 Å². The Morgan fingerprint density at radius 1 is 1.11 bits per heavy atom. The van der Waals surface area contributed by atoms with E-state index in [4.69, 9.17) is 5.11 Å². The van der Waals surface area contributed by atoms with Gasteiger partial charge in [-0.2, -0.15) is 0 Å². The van der Waals surface area contributed by atoms with E-state index in [1.54, 1.807) is 4.90 Å². The van der Waals surface area contributed by atoms with Gasteiger partial charge >= 0.3 is 12.0 Å². The van der Waals surface area contributed by atoms with Crippen LogP contribution in [0.25, 0.3) is 0 Å². The second-order valence-electron chi connectivity index (χ2n) is 5.77. The Hall–Kier alpha value is -1.30. The minimum absolute atomic E-state index is 0.0741. The summed E-state index contributed by atoms with van der Waals surface area (Å²) in [5.74, 6) is -0.638. The fraction of sp³-hybridized carbons (Fsp3) is 0.846. The molecule has 2 fully saturated rings. The Bertz CT molecular complexity index is 345. The monoisotopic (exact) mass is 269 g/mol. The lowest BCUT2D eigenvalue weighted by molar-refractivity contribution is -0.139. The number of aliphatic carboxylic acids is 1. The van der Waals surface area contributed by atoms with Gasteiger partial charge < -0.3 is 14.9 Å². The standard InChI is InChI=1S/C13H23N3O3/c1-10(2)14-3-5-15(6-4-14)13(19)16-8-11(9-16)7-12(17)18/h10-11H,3-9H2,1-2H3,(H,17,18). The third-order valence-electron chi connectivity index (χ3n) is 4.01. The molecule has 2 amide bonds. The number of hydrogen-bond acceptors (Lipinski definition) is 3. The molecule has 0 radical (unpaired) electrons. The molecule has 6 heteroatoms. The molecule has 19 heavy (non-hydrogen) atoms. The molecule has 0 unspecified atom stereocenters. The Morgan fingerprint density at radius 3 is 2.16 bits per heavy atom. The summed E-state index contributed by atoms with van der Waals surface area (Å²) < 4.78 is 0. The van der Waals surface area contributed by atoms with Gasteiger partial charge in [0.1, 0.15) is 0 Å². The normalized spacial score (nSPS) is 21.6. The van der Waals surface area contributed by atoms with Gasteiger partial charge in [0.2, 0.25) is 0 Å². The molecule has 6 nitrogen and oxygen atoms in total. The molecule has 2 aliphatic rings. The third-order valence-corrected chi connectivity index (χ3v) is 4.01. The number of nitrogens with zero attached hydrogens (tertiary/aromatic N) is 3. The zero-order chi connectivity index (χ0) is 14.0. The van der Waals surface area contributed by atoms with E-state index in [2.05, 4.69) is 18.7 Å². The molecule has 0 aromatic carbocycles. The van der Waals surface area contributed by atoms with Crippen molar-refractivity contribution in [3.63, 3.8) is 0 Å². The van der Waals surface area contributed by atoms with Crippen LogP contribution in [0.5, 0.6) is 0 Å². The van der Waals surface area contributed by atoms with Crippen LogP contribution in [0, 0.1) is 5.92 Å². The van der Waals surface area contributed by atoms with Gasteiger partial charge in [0.25, 0.3) is 0 Å². The number of amides is 2. The molecule has 0 spiro atoms. The molecule has 2 aliphatic heterocycles. The summed E-state index contributed by atoms with van der Waals surface area (Å²) in [4.78, 5) is 28.8. The summed E-state index contributed by atoms with van der Waals surface area (Å²) in [6, 6.07) is 0.603. The molecular weight excluding hydrogens is 246 g/mol. The van der Waals surface area contributed by atoms with Crippen molar-refractivity contribution in [2.45, 2.75) is 26.3 Å². The fourth-order valence-corrected chi connectivity index (χ4v) is 2.73. The number of carbonyl (C=O) groups is 2. The van der Waals surface area contributed by atoms with Crippen molar-refractivity contribution >= 4 is 12.0 Å². The maximum atomic E-state index is 12.2. The van der Waals surface area contributed by atoms with Gasteiger partial charge in [-0.3, -0.25) is 9.69 Å². The highest BCUT2D eigenvalue weighted by Crippen LogP contribution is 2.21. The predicted molar refractivity (Wildman–Crippen MR) is 71.0 cm³/mol. The molecule has 2 heterocycles. The van der Waals surface area contributed by atoms with Crippen molar-refractivity contribution in [1.29, 1.82) is 0 Å². The first-order chi connectivity index (χ1) is 8.97. The summed E-state index contributed by atoms with van der Waals surface area (Å²) >= 11 is 0. The maximum absolute atomic E-state index is 12.2. The van der Waals surface area contributed by atoms with Crippen molar-refractivity contribution in [2.75, 3.05) is 39.3 Å². The molecule has 0 saturated carbocycles. The second-order valence-corrected chi connectivity index (χ2v) is 5.77. The van der Waals surface area contributed by atoms with E-state index in [-0.39, 0.29) is 18.4 Å². The van der Waals surface area contributed by atoms with E-state index >= 15 is 0 Å². The van der Waals surface area contributed by atoms with E-state index < -0.39 is 5.97 Å². The lowest BCUT2D eigenvalue weighted by atomic mass is 9.97. The van der Waals surface area contributed by atoms with E-state index in [1.165, 1.54) is 0 Å². The van der Waals surface area contributed by atoms with Gasteiger partial charge in [0.05, 0.1) is 6.42 Å². The topological polar surface area (TPSA) is 64.1 Å². The predicted octanol–water partition coefficient (Wildman–Crippen LogP) is 0.539. The molecule has 1 N–H and O–H groups in total. The van der Waals surface area contributed by atoms with Crippen molar-refractivity contribution in [3.05, 3.63) is 0 Å². The summed E-state index contributed by atoms with van der Waals surface area (Å²) in [6.45, 7) is 8.93. The minimum atomic E-state index is -0.775. The first kappa shape index (κ1) is 14.1. The van der Waals surface area contributed by atoms with E-state index in [9.17, 15) is 9.59 Å².